The zero-order valence-electron chi connectivity index (χ0n) is 13.8. The number of carbonyl (C=O) groups is 2. The van der Waals surface area contributed by atoms with Crippen LogP contribution in [0, 0.1) is 0 Å². The van der Waals surface area contributed by atoms with Gasteiger partial charge in [-0.2, -0.15) is 0 Å². The van der Waals surface area contributed by atoms with E-state index in [1.54, 1.807) is 24.3 Å². The van der Waals surface area contributed by atoms with Crippen molar-refractivity contribution in [3.8, 4) is 5.75 Å². The molecule has 0 saturated carbocycles. The highest BCUT2D eigenvalue weighted by molar-refractivity contribution is 9.10. The summed E-state index contributed by atoms with van der Waals surface area (Å²) >= 11 is 8.40. The van der Waals surface area contributed by atoms with Gasteiger partial charge in [0, 0.05) is 0 Å². The van der Waals surface area contributed by atoms with E-state index in [0.717, 1.165) is 12.0 Å². The molecule has 5 nitrogen and oxygen atoms in total. The number of anilines is 1. The molecule has 0 atom stereocenters. The fourth-order valence-corrected chi connectivity index (χ4v) is 3.23. The van der Waals surface area contributed by atoms with Gasteiger partial charge in [0.15, 0.2) is 5.11 Å². The highest BCUT2D eigenvalue weighted by Gasteiger charge is 2.34. The van der Waals surface area contributed by atoms with Crippen molar-refractivity contribution in [1.29, 1.82) is 0 Å². The maximum absolute atomic E-state index is 12.9. The van der Waals surface area contributed by atoms with Gasteiger partial charge in [0.2, 0.25) is 0 Å². The number of phenolic OH excluding ortho intramolecular Hbond substituents is 1. The Morgan fingerprint density at radius 2 is 1.88 bits per heavy atom. The number of nitrogens with one attached hydrogen (secondary N) is 1. The van der Waals surface area contributed by atoms with Gasteiger partial charge in [0.05, 0.1) is 10.2 Å². The summed E-state index contributed by atoms with van der Waals surface area (Å²) in [5.74, 6) is -0.969. The third-order valence-electron chi connectivity index (χ3n) is 3.99. The number of rotatable bonds is 3. The number of carbonyl (C=O) groups excluding carboxylic acids is 2. The summed E-state index contributed by atoms with van der Waals surface area (Å²) in [6.45, 7) is 2.04. The lowest BCUT2D eigenvalue weighted by Gasteiger charge is -2.29. The van der Waals surface area contributed by atoms with Crippen molar-refractivity contribution in [1.82, 2.24) is 5.32 Å². The highest BCUT2D eigenvalue weighted by Crippen LogP contribution is 2.27. The van der Waals surface area contributed by atoms with Crippen LogP contribution in [0.4, 0.5) is 5.69 Å². The Morgan fingerprint density at radius 3 is 2.50 bits per heavy atom. The summed E-state index contributed by atoms with van der Waals surface area (Å²) in [4.78, 5) is 26.5. The zero-order chi connectivity index (χ0) is 18.8. The first-order valence-corrected chi connectivity index (χ1v) is 9.09. The zero-order valence-corrected chi connectivity index (χ0v) is 16.2. The number of nitrogens with zero attached hydrogens (tertiary/aromatic N) is 1. The van der Waals surface area contributed by atoms with Gasteiger partial charge >= 0.3 is 0 Å². The molecule has 2 aromatic rings. The van der Waals surface area contributed by atoms with Crippen LogP contribution in [0.2, 0.25) is 0 Å². The first-order chi connectivity index (χ1) is 12.4. The third-order valence-corrected chi connectivity index (χ3v) is 4.91. The molecule has 132 valence electrons. The van der Waals surface area contributed by atoms with Crippen molar-refractivity contribution in [2.45, 2.75) is 13.3 Å². The van der Waals surface area contributed by atoms with Gasteiger partial charge in [-0.25, -0.2) is 0 Å². The van der Waals surface area contributed by atoms with Gasteiger partial charge in [-0.05, 0) is 76.0 Å². The van der Waals surface area contributed by atoms with E-state index in [0.29, 0.717) is 15.7 Å². The summed E-state index contributed by atoms with van der Waals surface area (Å²) in [6, 6.07) is 12.2. The largest absolute Gasteiger partial charge is 0.507 e. The Kier molecular flexibility index (Phi) is 5.20. The summed E-state index contributed by atoms with van der Waals surface area (Å²) in [6.07, 6.45) is 2.35. The fourth-order valence-electron chi connectivity index (χ4n) is 2.55. The van der Waals surface area contributed by atoms with E-state index in [4.69, 9.17) is 12.2 Å². The second-order valence-electron chi connectivity index (χ2n) is 5.69. The molecule has 1 aliphatic rings. The summed E-state index contributed by atoms with van der Waals surface area (Å²) < 4.78 is 0.470. The van der Waals surface area contributed by atoms with Gasteiger partial charge in [0.1, 0.15) is 11.3 Å². The summed E-state index contributed by atoms with van der Waals surface area (Å²) in [5, 5.41) is 12.2. The molecule has 1 fully saturated rings. The number of aromatic hydroxyl groups is 1. The predicted molar refractivity (Wildman–Crippen MR) is 108 cm³/mol. The second kappa shape index (κ2) is 7.39. The van der Waals surface area contributed by atoms with Gasteiger partial charge in [-0.15, -0.1) is 0 Å². The number of thiocarbonyl (C=S) groups is 1. The van der Waals surface area contributed by atoms with Gasteiger partial charge < -0.3 is 5.11 Å². The standard InChI is InChI=1S/C19H15BrN2O3S/c1-2-11-3-6-13(7-4-11)22-18(25)14(17(24)21-19(22)26)9-12-5-8-16(23)15(20)10-12/h3-10,23H,2H2,1H3,(H,21,24,26)/b14-9+. The van der Waals surface area contributed by atoms with Crippen LogP contribution in [0.1, 0.15) is 18.1 Å². The third kappa shape index (κ3) is 3.54. The van der Waals surface area contributed by atoms with Crippen molar-refractivity contribution >= 4 is 56.8 Å². The molecule has 2 amide bonds. The molecule has 1 aliphatic heterocycles. The van der Waals surface area contributed by atoms with Crippen LogP contribution in [0.25, 0.3) is 6.08 Å². The lowest BCUT2D eigenvalue weighted by Crippen LogP contribution is -2.54. The Labute approximate surface area is 164 Å². The van der Waals surface area contributed by atoms with Crippen LogP contribution in [0.5, 0.6) is 5.75 Å². The lowest BCUT2D eigenvalue weighted by molar-refractivity contribution is -0.122. The van der Waals surface area contributed by atoms with Gasteiger partial charge in [-0.1, -0.05) is 25.1 Å². The van der Waals surface area contributed by atoms with Crippen LogP contribution >= 0.6 is 28.1 Å². The molecular weight excluding hydrogens is 416 g/mol. The molecule has 0 radical (unpaired) electrons. The van der Waals surface area contributed by atoms with E-state index in [9.17, 15) is 14.7 Å². The van der Waals surface area contributed by atoms with E-state index >= 15 is 0 Å². The molecule has 1 saturated heterocycles. The van der Waals surface area contributed by atoms with Crippen molar-refractivity contribution in [3.63, 3.8) is 0 Å². The Balaban J connectivity index is 1.99. The number of phenols is 1. The number of hydrogen-bond acceptors (Lipinski definition) is 4. The number of hydrogen-bond donors (Lipinski definition) is 2. The van der Waals surface area contributed by atoms with Crippen molar-refractivity contribution in [3.05, 3.63) is 63.6 Å². The summed E-state index contributed by atoms with van der Waals surface area (Å²) in [7, 11) is 0. The molecule has 0 aliphatic carbocycles. The average molecular weight is 431 g/mol. The van der Waals surface area contributed by atoms with E-state index in [-0.39, 0.29) is 16.4 Å². The molecule has 1 heterocycles. The molecule has 7 heteroatoms. The number of halogens is 1. The minimum absolute atomic E-state index is 0.0317. The average Bonchev–Trinajstić information content (AvgIpc) is 2.62. The molecular formula is C19H15BrN2O3S. The van der Waals surface area contributed by atoms with Crippen molar-refractivity contribution < 1.29 is 14.7 Å². The normalized spacial score (nSPS) is 16.2. The monoisotopic (exact) mass is 430 g/mol. The Hall–Kier alpha value is -2.51. The Bertz CT molecular complexity index is 938. The smallest absolute Gasteiger partial charge is 0.270 e. The molecule has 0 bridgehead atoms. The number of amides is 2. The molecule has 0 unspecified atom stereocenters. The minimum atomic E-state index is -0.550. The SMILES string of the molecule is CCc1ccc(N2C(=O)/C(=C/c3ccc(O)c(Br)c3)C(=O)NC2=S)cc1. The molecule has 0 aromatic heterocycles. The van der Waals surface area contributed by atoms with E-state index < -0.39 is 11.8 Å². The topological polar surface area (TPSA) is 69.6 Å². The first-order valence-electron chi connectivity index (χ1n) is 7.89. The maximum atomic E-state index is 12.9. The molecule has 2 aromatic carbocycles. The first kappa shape index (κ1) is 18.3. The fraction of sp³-hybridized carbons (Fsp3) is 0.105. The molecule has 0 spiro atoms. The van der Waals surface area contributed by atoms with Gasteiger partial charge in [-0.3, -0.25) is 19.8 Å². The number of benzene rings is 2. The quantitative estimate of drug-likeness (QED) is 0.443. The predicted octanol–water partition coefficient (Wildman–Crippen LogP) is 3.55. The molecule has 2 N–H and O–H groups in total. The Morgan fingerprint density at radius 1 is 1.19 bits per heavy atom. The molecule has 26 heavy (non-hydrogen) atoms. The number of aryl methyl sites for hydroxylation is 1. The van der Waals surface area contributed by atoms with Crippen molar-refractivity contribution in [2.24, 2.45) is 0 Å². The van der Waals surface area contributed by atoms with Crippen LogP contribution < -0.4 is 10.2 Å². The van der Waals surface area contributed by atoms with E-state index in [1.165, 1.54) is 17.0 Å². The minimum Gasteiger partial charge on any atom is -0.507 e. The maximum Gasteiger partial charge on any atom is 0.270 e. The highest BCUT2D eigenvalue weighted by atomic mass is 79.9. The van der Waals surface area contributed by atoms with Crippen molar-refractivity contribution in [2.75, 3.05) is 4.90 Å². The van der Waals surface area contributed by atoms with E-state index in [2.05, 4.69) is 21.2 Å². The van der Waals surface area contributed by atoms with Gasteiger partial charge in [0.25, 0.3) is 11.8 Å². The van der Waals surface area contributed by atoms with Crippen LogP contribution in [-0.4, -0.2) is 22.0 Å². The van der Waals surface area contributed by atoms with Crippen LogP contribution in [-0.2, 0) is 16.0 Å². The second-order valence-corrected chi connectivity index (χ2v) is 6.93. The van der Waals surface area contributed by atoms with E-state index in [1.807, 2.05) is 19.1 Å². The lowest BCUT2D eigenvalue weighted by atomic mass is 10.1. The van der Waals surface area contributed by atoms with Crippen LogP contribution in [0.3, 0.4) is 0 Å². The summed E-state index contributed by atoms with van der Waals surface area (Å²) in [5.41, 5.74) is 2.30. The molecule has 3 rings (SSSR count). The van der Waals surface area contributed by atoms with Crippen LogP contribution in [0.15, 0.2) is 52.5 Å².